The van der Waals surface area contributed by atoms with Gasteiger partial charge in [-0.15, -0.1) is 0 Å². The van der Waals surface area contributed by atoms with Gasteiger partial charge in [-0.3, -0.25) is 9.59 Å². The van der Waals surface area contributed by atoms with E-state index in [4.69, 9.17) is 9.26 Å². The Balaban J connectivity index is 1.75. The van der Waals surface area contributed by atoms with Crippen LogP contribution in [0.4, 0.5) is 0 Å². The molecule has 6 heteroatoms. The van der Waals surface area contributed by atoms with Crippen LogP contribution in [0.25, 0.3) is 0 Å². The second kappa shape index (κ2) is 7.61. The summed E-state index contributed by atoms with van der Waals surface area (Å²) in [6.45, 7) is 3.06. The summed E-state index contributed by atoms with van der Waals surface area (Å²) in [4.78, 5) is 27.2. The largest absolute Gasteiger partial charge is 0.380 e. The number of Topliss-reactive ketones (excluding diaryl/α,β-unsaturated/α-hetero) is 1. The Bertz CT molecular complexity index is 754. The van der Waals surface area contributed by atoms with Crippen LogP contribution in [0.2, 0.25) is 0 Å². The van der Waals surface area contributed by atoms with Gasteiger partial charge >= 0.3 is 0 Å². The van der Waals surface area contributed by atoms with Crippen molar-refractivity contribution in [3.63, 3.8) is 0 Å². The molecule has 0 unspecified atom stereocenters. The van der Waals surface area contributed by atoms with Crippen LogP contribution in [0, 0.1) is 12.8 Å². The second-order valence-corrected chi connectivity index (χ2v) is 6.32. The Kier molecular flexibility index (Phi) is 5.28. The van der Waals surface area contributed by atoms with E-state index < -0.39 is 0 Å². The van der Waals surface area contributed by atoms with Crippen molar-refractivity contribution in [1.29, 1.82) is 0 Å². The number of carbonyl (C=O) groups excluding carboxylic acids is 2. The molecule has 0 aliphatic carbocycles. The van der Waals surface area contributed by atoms with Crippen LogP contribution in [0.5, 0.6) is 0 Å². The summed E-state index contributed by atoms with van der Waals surface area (Å²) >= 11 is 0. The molecular formula is C19H22N2O4. The molecule has 1 aromatic heterocycles. The van der Waals surface area contributed by atoms with E-state index in [0.717, 1.165) is 12.8 Å². The van der Waals surface area contributed by atoms with Crippen molar-refractivity contribution >= 4 is 11.7 Å². The van der Waals surface area contributed by atoms with Crippen molar-refractivity contribution in [2.24, 2.45) is 5.92 Å². The molecule has 0 bridgehead atoms. The van der Waals surface area contributed by atoms with Crippen molar-refractivity contribution in [2.75, 3.05) is 20.2 Å². The molecule has 1 saturated heterocycles. The highest BCUT2D eigenvalue weighted by Crippen LogP contribution is 2.24. The average molecular weight is 342 g/mol. The number of nitrogens with zero attached hydrogens (tertiary/aromatic N) is 2. The molecule has 2 aromatic rings. The molecule has 0 N–H and O–H groups in total. The molecule has 1 fully saturated rings. The lowest BCUT2D eigenvalue weighted by Crippen LogP contribution is -2.42. The summed E-state index contributed by atoms with van der Waals surface area (Å²) in [5.41, 5.74) is 1.65. The number of piperidine rings is 1. The number of carbonyl (C=O) groups is 2. The number of methoxy groups -OCH3 is 1. The fraction of sp³-hybridized carbons (Fsp3) is 0.421. The van der Waals surface area contributed by atoms with E-state index in [1.54, 1.807) is 18.9 Å². The van der Waals surface area contributed by atoms with E-state index in [-0.39, 0.29) is 29.9 Å². The quantitative estimate of drug-likeness (QED) is 0.781. The zero-order chi connectivity index (χ0) is 17.8. The standard InChI is InChI=1S/C19H22N2O4/c1-13-16(12-24-2)17(20-25-13)19(23)21-10-6-9-15(11-21)18(22)14-7-4-3-5-8-14/h3-5,7-8,15H,6,9-12H2,1-2H3/t15-/m0/s1. The first kappa shape index (κ1) is 17.4. The van der Waals surface area contributed by atoms with Crippen molar-refractivity contribution in [2.45, 2.75) is 26.4 Å². The predicted molar refractivity (Wildman–Crippen MR) is 91.4 cm³/mol. The van der Waals surface area contributed by atoms with Crippen molar-refractivity contribution in [1.82, 2.24) is 10.1 Å². The van der Waals surface area contributed by atoms with E-state index in [0.29, 0.717) is 30.0 Å². The molecule has 0 radical (unpaired) electrons. The fourth-order valence-corrected chi connectivity index (χ4v) is 3.24. The highest BCUT2D eigenvalue weighted by atomic mass is 16.5. The van der Waals surface area contributed by atoms with Gasteiger partial charge in [-0.05, 0) is 19.8 Å². The van der Waals surface area contributed by atoms with Crippen LogP contribution >= 0.6 is 0 Å². The maximum absolute atomic E-state index is 12.8. The Labute approximate surface area is 146 Å². The number of benzene rings is 1. The van der Waals surface area contributed by atoms with Gasteiger partial charge in [0.2, 0.25) is 0 Å². The number of aryl methyl sites for hydroxylation is 1. The van der Waals surface area contributed by atoms with Crippen LogP contribution in [0.15, 0.2) is 34.9 Å². The number of ketones is 1. The number of rotatable bonds is 5. The Morgan fingerprint density at radius 2 is 2.08 bits per heavy atom. The fourth-order valence-electron chi connectivity index (χ4n) is 3.24. The summed E-state index contributed by atoms with van der Waals surface area (Å²) in [5.74, 6) is 0.291. The second-order valence-electron chi connectivity index (χ2n) is 6.32. The summed E-state index contributed by atoms with van der Waals surface area (Å²) in [6, 6.07) is 9.24. The number of hydrogen-bond acceptors (Lipinski definition) is 5. The molecule has 3 rings (SSSR count). The highest BCUT2D eigenvalue weighted by molar-refractivity contribution is 5.99. The van der Waals surface area contributed by atoms with Crippen LogP contribution < -0.4 is 0 Å². The van der Waals surface area contributed by atoms with E-state index in [1.807, 2.05) is 30.3 Å². The zero-order valence-corrected chi connectivity index (χ0v) is 14.5. The first-order valence-corrected chi connectivity index (χ1v) is 8.44. The first-order chi connectivity index (χ1) is 12.1. The van der Waals surface area contributed by atoms with Crippen molar-refractivity contribution in [3.8, 4) is 0 Å². The molecule has 1 atom stereocenters. The summed E-state index contributed by atoms with van der Waals surface area (Å²) in [6.07, 6.45) is 1.59. The van der Waals surface area contributed by atoms with Gasteiger partial charge < -0.3 is 14.2 Å². The third-order valence-corrected chi connectivity index (χ3v) is 4.61. The summed E-state index contributed by atoms with van der Waals surface area (Å²) in [5, 5.41) is 3.91. The minimum atomic E-state index is -0.200. The normalized spacial score (nSPS) is 17.5. The van der Waals surface area contributed by atoms with Gasteiger partial charge in [-0.1, -0.05) is 35.5 Å². The van der Waals surface area contributed by atoms with E-state index >= 15 is 0 Å². The minimum Gasteiger partial charge on any atom is -0.380 e. The number of ether oxygens (including phenoxy) is 1. The number of aromatic nitrogens is 1. The lowest BCUT2D eigenvalue weighted by molar-refractivity contribution is 0.0625. The van der Waals surface area contributed by atoms with Crippen LogP contribution in [-0.2, 0) is 11.3 Å². The molecule has 1 amide bonds. The van der Waals surface area contributed by atoms with Gasteiger partial charge in [0.05, 0.1) is 12.2 Å². The minimum absolute atomic E-state index is 0.0894. The number of amides is 1. The number of hydrogen-bond donors (Lipinski definition) is 0. The third-order valence-electron chi connectivity index (χ3n) is 4.61. The molecule has 0 saturated carbocycles. The topological polar surface area (TPSA) is 72.6 Å². The Morgan fingerprint density at radius 3 is 2.80 bits per heavy atom. The predicted octanol–water partition coefficient (Wildman–Crippen LogP) is 2.86. The van der Waals surface area contributed by atoms with Crippen LogP contribution in [0.1, 0.15) is 45.0 Å². The summed E-state index contributed by atoms with van der Waals surface area (Å²) < 4.78 is 10.3. The maximum Gasteiger partial charge on any atom is 0.276 e. The lowest BCUT2D eigenvalue weighted by atomic mass is 9.90. The van der Waals surface area contributed by atoms with Gasteiger partial charge in [0.25, 0.3) is 5.91 Å². The molecule has 0 spiro atoms. The number of likely N-dealkylation sites (tertiary alicyclic amines) is 1. The van der Waals surface area contributed by atoms with Crippen LogP contribution in [-0.4, -0.2) is 41.9 Å². The van der Waals surface area contributed by atoms with Gasteiger partial charge in [0, 0.05) is 31.7 Å². The zero-order valence-electron chi connectivity index (χ0n) is 14.5. The van der Waals surface area contributed by atoms with E-state index in [2.05, 4.69) is 5.16 Å². The SMILES string of the molecule is COCc1c(C(=O)N2CCC[C@H](C(=O)c3ccccc3)C2)noc1C. The third kappa shape index (κ3) is 3.64. The van der Waals surface area contributed by atoms with Crippen molar-refractivity contribution in [3.05, 3.63) is 52.9 Å². The van der Waals surface area contributed by atoms with Gasteiger partial charge in [0.1, 0.15) is 5.76 Å². The lowest BCUT2D eigenvalue weighted by Gasteiger charge is -2.31. The summed E-state index contributed by atoms with van der Waals surface area (Å²) in [7, 11) is 1.57. The highest BCUT2D eigenvalue weighted by Gasteiger charge is 2.32. The molecule has 1 aliphatic rings. The smallest absolute Gasteiger partial charge is 0.276 e. The maximum atomic E-state index is 12.8. The average Bonchev–Trinajstić information content (AvgIpc) is 3.02. The van der Waals surface area contributed by atoms with Crippen LogP contribution in [0.3, 0.4) is 0 Å². The van der Waals surface area contributed by atoms with Gasteiger partial charge in [-0.2, -0.15) is 0 Å². The van der Waals surface area contributed by atoms with E-state index in [1.165, 1.54) is 0 Å². The van der Waals surface area contributed by atoms with Gasteiger partial charge in [0.15, 0.2) is 11.5 Å². The molecule has 1 aliphatic heterocycles. The van der Waals surface area contributed by atoms with Gasteiger partial charge in [-0.25, -0.2) is 0 Å². The molecule has 2 heterocycles. The first-order valence-electron chi connectivity index (χ1n) is 8.44. The molecular weight excluding hydrogens is 320 g/mol. The Morgan fingerprint density at radius 1 is 1.32 bits per heavy atom. The molecule has 1 aromatic carbocycles. The van der Waals surface area contributed by atoms with Crippen molar-refractivity contribution < 1.29 is 18.8 Å². The molecule has 25 heavy (non-hydrogen) atoms. The van der Waals surface area contributed by atoms with E-state index in [9.17, 15) is 9.59 Å². The molecule has 6 nitrogen and oxygen atoms in total. The Hall–Kier alpha value is -2.47. The molecule has 132 valence electrons. The monoisotopic (exact) mass is 342 g/mol.